The van der Waals surface area contributed by atoms with Gasteiger partial charge >= 0.3 is 0 Å². The molecule has 0 radical (unpaired) electrons. The molecule has 2 unspecified atom stereocenters. The molecule has 6 nitrogen and oxygen atoms in total. The minimum atomic E-state index is -0.974. The first-order chi connectivity index (χ1) is 11.1. The molecule has 0 saturated carbocycles. The van der Waals surface area contributed by atoms with Crippen LogP contribution in [0.15, 0.2) is 24.5 Å². The number of aliphatic hydroxyl groups is 2. The maximum atomic E-state index is 11.9. The first-order valence-corrected chi connectivity index (χ1v) is 9.06. The largest absolute Gasteiger partial charge is 0.394 e. The molecule has 0 spiro atoms. The van der Waals surface area contributed by atoms with Gasteiger partial charge in [-0.1, -0.05) is 19.9 Å². The van der Waals surface area contributed by atoms with Gasteiger partial charge in [0.15, 0.2) is 0 Å². The summed E-state index contributed by atoms with van der Waals surface area (Å²) >= 11 is 1.55. The molecule has 0 aliphatic carbocycles. The molecule has 23 heavy (non-hydrogen) atoms. The summed E-state index contributed by atoms with van der Waals surface area (Å²) in [4.78, 5) is 18.2. The van der Waals surface area contributed by atoms with Gasteiger partial charge < -0.3 is 20.4 Å². The highest BCUT2D eigenvalue weighted by atomic mass is 32.2. The Bertz CT molecular complexity index is 443. The van der Waals surface area contributed by atoms with E-state index in [2.05, 4.69) is 29.0 Å². The fourth-order valence-corrected chi connectivity index (χ4v) is 2.95. The first kappa shape index (κ1) is 19.9. The Kier molecular flexibility index (Phi) is 9.86. The minimum absolute atomic E-state index is 0.184. The highest BCUT2D eigenvalue weighted by molar-refractivity contribution is 7.99. The Labute approximate surface area is 142 Å². The zero-order valence-corrected chi connectivity index (χ0v) is 14.6. The molecule has 2 atom stereocenters. The second kappa shape index (κ2) is 11.4. The topological polar surface area (TPSA) is 85.7 Å². The van der Waals surface area contributed by atoms with Gasteiger partial charge in [-0.25, -0.2) is 0 Å². The van der Waals surface area contributed by atoms with Crippen molar-refractivity contribution in [2.45, 2.75) is 26.0 Å². The van der Waals surface area contributed by atoms with E-state index in [1.165, 1.54) is 6.20 Å². The molecule has 1 rings (SSSR count). The normalized spacial score (nSPS) is 13.8. The highest BCUT2D eigenvalue weighted by Gasteiger charge is 2.22. The molecule has 1 aromatic heterocycles. The maximum absolute atomic E-state index is 11.9. The van der Waals surface area contributed by atoms with E-state index in [1.54, 1.807) is 30.1 Å². The number of rotatable bonds is 11. The van der Waals surface area contributed by atoms with Crippen LogP contribution in [-0.4, -0.2) is 69.8 Å². The van der Waals surface area contributed by atoms with Gasteiger partial charge in [-0.2, -0.15) is 11.8 Å². The van der Waals surface area contributed by atoms with Crippen molar-refractivity contribution >= 4 is 17.7 Å². The number of nitrogens with zero attached hydrogens (tertiary/aromatic N) is 2. The predicted octanol–water partition coefficient (Wildman–Crippen LogP) is 0.667. The van der Waals surface area contributed by atoms with E-state index in [0.717, 1.165) is 25.4 Å². The van der Waals surface area contributed by atoms with Crippen molar-refractivity contribution in [3.05, 3.63) is 30.1 Å². The third-order valence-electron chi connectivity index (χ3n) is 3.63. The molecule has 1 heterocycles. The number of carbonyl (C=O) groups is 1. The zero-order valence-electron chi connectivity index (χ0n) is 13.8. The lowest BCUT2D eigenvalue weighted by Gasteiger charge is -2.22. The van der Waals surface area contributed by atoms with Crippen LogP contribution in [0.1, 0.15) is 25.5 Å². The molecule has 3 N–H and O–H groups in total. The fourth-order valence-electron chi connectivity index (χ4n) is 2.15. The number of thioether (sulfide) groups is 1. The maximum Gasteiger partial charge on any atom is 0.230 e. The van der Waals surface area contributed by atoms with Gasteiger partial charge in [-0.3, -0.25) is 9.78 Å². The van der Waals surface area contributed by atoms with Crippen LogP contribution >= 0.6 is 11.8 Å². The first-order valence-electron chi connectivity index (χ1n) is 7.90. The summed E-state index contributed by atoms with van der Waals surface area (Å²) in [6.45, 7) is 6.87. The Hall–Kier alpha value is -1.15. The van der Waals surface area contributed by atoms with E-state index < -0.39 is 12.1 Å². The van der Waals surface area contributed by atoms with Crippen LogP contribution < -0.4 is 5.32 Å². The Balaban J connectivity index is 2.36. The molecule has 130 valence electrons. The summed E-state index contributed by atoms with van der Waals surface area (Å²) in [6, 6.07) is 2.69. The number of hydrogen-bond acceptors (Lipinski definition) is 6. The van der Waals surface area contributed by atoms with E-state index in [4.69, 9.17) is 0 Å². The summed E-state index contributed by atoms with van der Waals surface area (Å²) in [5, 5.41) is 22.3. The summed E-state index contributed by atoms with van der Waals surface area (Å²) < 4.78 is 0. The Morgan fingerprint density at radius 3 is 2.74 bits per heavy atom. The SMILES string of the molecule is CCN(CC)CCSCC(=O)NC(CO)C(O)c1cccnc1. The molecule has 0 saturated heterocycles. The van der Waals surface area contributed by atoms with Crippen molar-refractivity contribution in [1.82, 2.24) is 15.2 Å². The van der Waals surface area contributed by atoms with Crippen molar-refractivity contribution in [1.29, 1.82) is 0 Å². The van der Waals surface area contributed by atoms with Crippen molar-refractivity contribution in [2.24, 2.45) is 0 Å². The third kappa shape index (κ3) is 7.30. The van der Waals surface area contributed by atoms with Gasteiger partial charge in [0, 0.05) is 30.3 Å². The van der Waals surface area contributed by atoms with Gasteiger partial charge in [-0.15, -0.1) is 0 Å². The number of carbonyl (C=O) groups excluding carboxylic acids is 1. The van der Waals surface area contributed by atoms with Gasteiger partial charge in [0.2, 0.25) is 5.91 Å². The predicted molar refractivity (Wildman–Crippen MR) is 93.3 cm³/mol. The van der Waals surface area contributed by atoms with Gasteiger partial charge in [0.05, 0.1) is 18.4 Å². The molecule has 0 fully saturated rings. The molecule has 0 aromatic carbocycles. The van der Waals surface area contributed by atoms with Crippen LogP contribution in [-0.2, 0) is 4.79 Å². The van der Waals surface area contributed by atoms with Crippen molar-refractivity contribution < 1.29 is 15.0 Å². The van der Waals surface area contributed by atoms with E-state index in [0.29, 0.717) is 11.3 Å². The molecular formula is C16H27N3O3S. The standard InChI is InChI=1S/C16H27N3O3S/c1-3-19(4-2)8-9-23-12-15(21)18-14(11-20)16(22)13-6-5-7-17-10-13/h5-7,10,14,16,20,22H,3-4,8-9,11-12H2,1-2H3,(H,18,21). The van der Waals surface area contributed by atoms with Gasteiger partial charge in [0.25, 0.3) is 0 Å². The van der Waals surface area contributed by atoms with E-state index in [9.17, 15) is 15.0 Å². The molecule has 1 aromatic rings. The zero-order chi connectivity index (χ0) is 17.1. The molecule has 0 bridgehead atoms. The Morgan fingerprint density at radius 1 is 1.43 bits per heavy atom. The van der Waals surface area contributed by atoms with E-state index in [1.807, 2.05) is 0 Å². The quantitative estimate of drug-likeness (QED) is 0.513. The van der Waals surface area contributed by atoms with Gasteiger partial charge in [0.1, 0.15) is 6.10 Å². The van der Waals surface area contributed by atoms with Crippen molar-refractivity contribution in [3.8, 4) is 0 Å². The second-order valence-corrected chi connectivity index (χ2v) is 6.27. The Morgan fingerprint density at radius 2 is 2.17 bits per heavy atom. The van der Waals surface area contributed by atoms with Crippen LogP contribution in [0.25, 0.3) is 0 Å². The average molecular weight is 341 g/mol. The molecule has 1 amide bonds. The van der Waals surface area contributed by atoms with Crippen LogP contribution in [0, 0.1) is 0 Å². The summed E-state index contributed by atoms with van der Waals surface area (Å²) in [6.07, 6.45) is 2.16. The van der Waals surface area contributed by atoms with E-state index >= 15 is 0 Å². The number of aromatic nitrogens is 1. The van der Waals surface area contributed by atoms with Crippen LogP contribution in [0.3, 0.4) is 0 Å². The molecule has 0 aliphatic heterocycles. The smallest absolute Gasteiger partial charge is 0.230 e. The minimum Gasteiger partial charge on any atom is -0.394 e. The fraction of sp³-hybridized carbons (Fsp3) is 0.625. The highest BCUT2D eigenvalue weighted by Crippen LogP contribution is 2.15. The number of aliphatic hydroxyl groups excluding tert-OH is 2. The van der Waals surface area contributed by atoms with E-state index in [-0.39, 0.29) is 12.5 Å². The summed E-state index contributed by atoms with van der Waals surface area (Å²) in [7, 11) is 0. The molecule has 7 heteroatoms. The number of hydrogen-bond donors (Lipinski definition) is 3. The van der Waals surface area contributed by atoms with Crippen LogP contribution in [0.2, 0.25) is 0 Å². The lowest BCUT2D eigenvalue weighted by molar-refractivity contribution is -0.120. The lowest BCUT2D eigenvalue weighted by Crippen LogP contribution is -2.42. The third-order valence-corrected chi connectivity index (χ3v) is 4.57. The summed E-state index contributed by atoms with van der Waals surface area (Å²) in [5.74, 6) is 1.01. The number of pyridine rings is 1. The molecular weight excluding hydrogens is 314 g/mol. The van der Waals surface area contributed by atoms with Gasteiger partial charge in [-0.05, 0) is 19.2 Å². The monoisotopic (exact) mass is 341 g/mol. The second-order valence-electron chi connectivity index (χ2n) is 5.17. The average Bonchev–Trinajstić information content (AvgIpc) is 2.60. The lowest BCUT2D eigenvalue weighted by atomic mass is 10.0. The molecule has 0 aliphatic rings. The van der Waals surface area contributed by atoms with Crippen LogP contribution in [0.4, 0.5) is 0 Å². The summed E-state index contributed by atoms with van der Waals surface area (Å²) in [5.41, 5.74) is 0.570. The van der Waals surface area contributed by atoms with Crippen molar-refractivity contribution in [2.75, 3.05) is 37.7 Å². The van der Waals surface area contributed by atoms with Crippen molar-refractivity contribution in [3.63, 3.8) is 0 Å². The van der Waals surface area contributed by atoms with Crippen LogP contribution in [0.5, 0.6) is 0 Å². The number of amides is 1. The number of nitrogens with one attached hydrogen (secondary N) is 1.